The Morgan fingerprint density at radius 2 is 2.08 bits per heavy atom. The Hall–Kier alpha value is -2.44. The zero-order valence-corrected chi connectivity index (χ0v) is 14.6. The molecule has 3 rings (SSSR count). The maximum atomic E-state index is 12.7. The van der Waals surface area contributed by atoms with Crippen molar-refractivity contribution in [1.82, 2.24) is 20.7 Å². The van der Waals surface area contributed by atoms with E-state index in [1.807, 2.05) is 30.5 Å². The summed E-state index contributed by atoms with van der Waals surface area (Å²) < 4.78 is 0. The van der Waals surface area contributed by atoms with Gasteiger partial charge in [-0.2, -0.15) is 0 Å². The molecule has 1 aliphatic heterocycles. The van der Waals surface area contributed by atoms with Gasteiger partial charge in [0.2, 0.25) is 5.91 Å². The van der Waals surface area contributed by atoms with Crippen LogP contribution in [0.1, 0.15) is 36.2 Å². The Kier molecular flexibility index (Phi) is 5.31. The predicted octanol–water partition coefficient (Wildman–Crippen LogP) is 1.92. The molecule has 2 unspecified atom stereocenters. The topological polar surface area (TPSA) is 77.5 Å². The zero-order chi connectivity index (χ0) is 17.8. The van der Waals surface area contributed by atoms with Gasteiger partial charge in [0.15, 0.2) is 0 Å². The van der Waals surface area contributed by atoms with Crippen molar-refractivity contribution < 1.29 is 9.90 Å². The zero-order valence-electron chi connectivity index (χ0n) is 14.6. The summed E-state index contributed by atoms with van der Waals surface area (Å²) in [7, 11) is 1.78. The SMILES string of the molecule is CCc1ccc(CN(C)C(=O)C2CC(c3ccccc3O)NN2)nc1. The number of hydrogen-bond donors (Lipinski definition) is 3. The highest BCUT2D eigenvalue weighted by Crippen LogP contribution is 2.29. The number of hydrogen-bond acceptors (Lipinski definition) is 5. The third kappa shape index (κ3) is 3.97. The Labute approximate surface area is 147 Å². The number of aromatic nitrogens is 1. The Balaban J connectivity index is 1.60. The Morgan fingerprint density at radius 1 is 1.28 bits per heavy atom. The number of nitrogens with one attached hydrogen (secondary N) is 2. The van der Waals surface area contributed by atoms with Gasteiger partial charge in [0.1, 0.15) is 11.8 Å². The first-order valence-electron chi connectivity index (χ1n) is 8.56. The van der Waals surface area contributed by atoms with E-state index < -0.39 is 0 Å². The van der Waals surface area contributed by atoms with Crippen LogP contribution in [0, 0.1) is 0 Å². The average molecular weight is 340 g/mol. The first-order chi connectivity index (χ1) is 12.1. The lowest BCUT2D eigenvalue weighted by Crippen LogP contribution is -2.43. The van der Waals surface area contributed by atoms with Gasteiger partial charge >= 0.3 is 0 Å². The van der Waals surface area contributed by atoms with E-state index in [0.29, 0.717) is 13.0 Å². The minimum Gasteiger partial charge on any atom is -0.508 e. The fourth-order valence-electron chi connectivity index (χ4n) is 3.05. The van der Waals surface area contributed by atoms with E-state index in [0.717, 1.165) is 17.7 Å². The number of carbonyl (C=O) groups excluding carboxylic acids is 1. The van der Waals surface area contributed by atoms with Crippen molar-refractivity contribution in [3.8, 4) is 5.75 Å². The summed E-state index contributed by atoms with van der Waals surface area (Å²) in [6, 6.07) is 10.8. The normalized spacial score (nSPS) is 19.8. The van der Waals surface area contributed by atoms with Crippen LogP contribution >= 0.6 is 0 Å². The molecule has 2 atom stereocenters. The predicted molar refractivity (Wildman–Crippen MR) is 95.6 cm³/mol. The van der Waals surface area contributed by atoms with Gasteiger partial charge < -0.3 is 10.0 Å². The molecule has 1 fully saturated rings. The number of aromatic hydroxyl groups is 1. The van der Waals surface area contributed by atoms with Crippen LogP contribution in [-0.4, -0.2) is 34.0 Å². The van der Waals surface area contributed by atoms with Crippen molar-refractivity contribution >= 4 is 5.91 Å². The number of likely N-dealkylation sites (N-methyl/N-ethyl adjacent to an activating group) is 1. The number of hydrazine groups is 1. The largest absolute Gasteiger partial charge is 0.508 e. The highest BCUT2D eigenvalue weighted by molar-refractivity contribution is 5.82. The van der Waals surface area contributed by atoms with Gasteiger partial charge in [-0.1, -0.05) is 31.2 Å². The second-order valence-corrected chi connectivity index (χ2v) is 6.39. The molecule has 1 aliphatic rings. The second-order valence-electron chi connectivity index (χ2n) is 6.39. The minimum atomic E-state index is -0.329. The van der Waals surface area contributed by atoms with E-state index >= 15 is 0 Å². The number of phenols is 1. The number of para-hydroxylation sites is 1. The van der Waals surface area contributed by atoms with Gasteiger partial charge in [0, 0.05) is 18.8 Å². The quantitative estimate of drug-likeness (QED) is 0.775. The Morgan fingerprint density at radius 3 is 2.76 bits per heavy atom. The number of benzene rings is 1. The van der Waals surface area contributed by atoms with Crippen LogP contribution in [0.3, 0.4) is 0 Å². The van der Waals surface area contributed by atoms with Gasteiger partial charge in [0.25, 0.3) is 0 Å². The van der Waals surface area contributed by atoms with Gasteiger partial charge in [-0.15, -0.1) is 0 Å². The van der Waals surface area contributed by atoms with Crippen LogP contribution in [0.5, 0.6) is 5.75 Å². The lowest BCUT2D eigenvalue weighted by Gasteiger charge is -2.20. The third-order valence-electron chi connectivity index (χ3n) is 4.58. The molecule has 0 aliphatic carbocycles. The molecule has 0 spiro atoms. The van der Waals surface area contributed by atoms with Crippen LogP contribution < -0.4 is 10.9 Å². The number of phenolic OH excluding ortho intramolecular Hbond substituents is 1. The maximum Gasteiger partial charge on any atom is 0.241 e. The maximum absolute atomic E-state index is 12.7. The highest BCUT2D eigenvalue weighted by atomic mass is 16.3. The van der Waals surface area contributed by atoms with E-state index in [9.17, 15) is 9.90 Å². The van der Waals surface area contributed by atoms with Crippen LogP contribution in [0.4, 0.5) is 0 Å². The molecule has 0 saturated carbocycles. The molecule has 0 bridgehead atoms. The summed E-state index contributed by atoms with van der Waals surface area (Å²) >= 11 is 0. The van der Waals surface area contributed by atoms with Gasteiger partial charge in [-0.3, -0.25) is 9.78 Å². The van der Waals surface area contributed by atoms with Gasteiger partial charge in [-0.05, 0) is 30.5 Å². The van der Waals surface area contributed by atoms with Gasteiger partial charge in [0.05, 0.1) is 18.3 Å². The third-order valence-corrected chi connectivity index (χ3v) is 4.58. The fraction of sp³-hybridized carbons (Fsp3) is 0.368. The number of nitrogens with zero attached hydrogens (tertiary/aromatic N) is 2. The standard InChI is InChI=1S/C19H24N4O2/c1-3-13-8-9-14(20-11-13)12-23(2)19(25)17-10-16(21-22-17)15-6-4-5-7-18(15)24/h4-9,11,16-17,21-22,24H,3,10,12H2,1-2H3. The summed E-state index contributed by atoms with van der Waals surface area (Å²) in [5, 5.41) is 9.97. The van der Waals surface area contributed by atoms with Crippen LogP contribution in [0.15, 0.2) is 42.6 Å². The summed E-state index contributed by atoms with van der Waals surface area (Å²) in [6.45, 7) is 2.56. The number of aryl methyl sites for hydroxylation is 1. The number of carbonyl (C=O) groups is 1. The molecule has 1 aromatic heterocycles. The highest BCUT2D eigenvalue weighted by Gasteiger charge is 2.32. The molecule has 132 valence electrons. The molecule has 2 aromatic rings. The lowest BCUT2D eigenvalue weighted by molar-refractivity contribution is -0.132. The number of pyridine rings is 1. The second kappa shape index (κ2) is 7.63. The molecule has 0 radical (unpaired) electrons. The Bertz CT molecular complexity index is 732. The number of rotatable bonds is 5. The fourth-order valence-corrected chi connectivity index (χ4v) is 3.05. The first-order valence-corrected chi connectivity index (χ1v) is 8.56. The van der Waals surface area contributed by atoms with E-state index in [1.165, 1.54) is 5.56 Å². The summed E-state index contributed by atoms with van der Waals surface area (Å²) in [4.78, 5) is 18.8. The van der Waals surface area contributed by atoms with Crippen molar-refractivity contribution in [2.24, 2.45) is 0 Å². The number of amides is 1. The lowest BCUT2D eigenvalue weighted by atomic mass is 10.0. The van der Waals surface area contributed by atoms with Gasteiger partial charge in [-0.25, -0.2) is 10.9 Å². The molecule has 6 nitrogen and oxygen atoms in total. The summed E-state index contributed by atoms with van der Waals surface area (Å²) in [5.74, 6) is 0.246. The minimum absolute atomic E-state index is 0.00629. The van der Waals surface area contributed by atoms with Crippen molar-refractivity contribution in [1.29, 1.82) is 0 Å². The molecule has 3 N–H and O–H groups in total. The summed E-state index contributed by atoms with van der Waals surface area (Å²) in [6.07, 6.45) is 3.40. The molecule has 2 heterocycles. The van der Waals surface area contributed by atoms with E-state index in [1.54, 1.807) is 24.1 Å². The van der Waals surface area contributed by atoms with E-state index in [-0.39, 0.29) is 23.7 Å². The van der Waals surface area contributed by atoms with E-state index in [4.69, 9.17) is 0 Å². The van der Waals surface area contributed by atoms with Crippen LogP contribution in [0.2, 0.25) is 0 Å². The molecule has 25 heavy (non-hydrogen) atoms. The van der Waals surface area contributed by atoms with Crippen LogP contribution in [-0.2, 0) is 17.8 Å². The summed E-state index contributed by atoms with van der Waals surface area (Å²) in [5.41, 5.74) is 9.00. The molecule has 1 amide bonds. The molecule has 1 saturated heterocycles. The van der Waals surface area contributed by atoms with Crippen molar-refractivity contribution in [2.45, 2.75) is 38.4 Å². The van der Waals surface area contributed by atoms with Crippen molar-refractivity contribution in [3.05, 3.63) is 59.4 Å². The first kappa shape index (κ1) is 17.4. The molecular weight excluding hydrogens is 316 g/mol. The molecule has 1 aromatic carbocycles. The molecule has 6 heteroatoms. The molecular formula is C19H24N4O2. The average Bonchev–Trinajstić information content (AvgIpc) is 3.12. The monoisotopic (exact) mass is 340 g/mol. The van der Waals surface area contributed by atoms with Crippen LogP contribution in [0.25, 0.3) is 0 Å². The van der Waals surface area contributed by atoms with Crippen molar-refractivity contribution in [3.63, 3.8) is 0 Å². The smallest absolute Gasteiger partial charge is 0.241 e. The van der Waals surface area contributed by atoms with Crippen molar-refractivity contribution in [2.75, 3.05) is 7.05 Å². The van der Waals surface area contributed by atoms with E-state index in [2.05, 4.69) is 22.8 Å².